The van der Waals surface area contributed by atoms with Crippen molar-refractivity contribution in [2.24, 2.45) is 0 Å². The monoisotopic (exact) mass is 270 g/mol. The Balaban J connectivity index is 1.73. The Morgan fingerprint density at radius 3 is 2.65 bits per heavy atom. The highest BCUT2D eigenvalue weighted by atomic mass is 16.5. The first-order valence-electron chi connectivity index (χ1n) is 6.70. The first-order chi connectivity index (χ1) is 9.78. The summed E-state index contributed by atoms with van der Waals surface area (Å²) < 4.78 is 5.53. The highest BCUT2D eigenvalue weighted by Crippen LogP contribution is 2.12. The van der Waals surface area contributed by atoms with Crippen LogP contribution in [0, 0.1) is 0 Å². The van der Waals surface area contributed by atoms with Gasteiger partial charge in [-0.1, -0.05) is 25.1 Å². The fourth-order valence-corrected chi connectivity index (χ4v) is 1.73. The van der Waals surface area contributed by atoms with Crippen molar-refractivity contribution in [3.63, 3.8) is 0 Å². The Hall–Kier alpha value is -2.36. The van der Waals surface area contributed by atoms with Crippen molar-refractivity contribution in [3.8, 4) is 5.75 Å². The number of nitrogens with one attached hydrogen (secondary N) is 1. The Bertz CT molecular complexity index is 538. The van der Waals surface area contributed by atoms with Gasteiger partial charge in [-0.2, -0.15) is 0 Å². The minimum absolute atomic E-state index is 0.103. The van der Waals surface area contributed by atoms with Gasteiger partial charge in [0, 0.05) is 6.20 Å². The van der Waals surface area contributed by atoms with Gasteiger partial charge in [-0.05, 0) is 36.2 Å². The summed E-state index contributed by atoms with van der Waals surface area (Å²) in [4.78, 5) is 15.7. The molecule has 0 aliphatic heterocycles. The number of benzene rings is 1. The number of carbonyl (C=O) groups excluding carboxylic acids is 1. The van der Waals surface area contributed by atoms with Gasteiger partial charge in [0.1, 0.15) is 11.6 Å². The van der Waals surface area contributed by atoms with Gasteiger partial charge in [-0.15, -0.1) is 0 Å². The summed E-state index contributed by atoms with van der Waals surface area (Å²) in [5.41, 5.74) is 1.27. The smallest absolute Gasteiger partial charge is 0.228 e. The molecule has 0 unspecified atom stereocenters. The number of nitrogens with zero attached hydrogens (tertiary/aromatic N) is 1. The van der Waals surface area contributed by atoms with E-state index in [9.17, 15) is 4.79 Å². The van der Waals surface area contributed by atoms with Gasteiger partial charge in [-0.25, -0.2) is 4.98 Å². The number of pyridine rings is 1. The summed E-state index contributed by atoms with van der Waals surface area (Å²) >= 11 is 0. The van der Waals surface area contributed by atoms with Crippen LogP contribution in [-0.2, 0) is 11.2 Å². The summed E-state index contributed by atoms with van der Waals surface area (Å²) in [6.07, 6.45) is 2.94. The van der Waals surface area contributed by atoms with E-state index < -0.39 is 0 Å². The number of anilines is 1. The van der Waals surface area contributed by atoms with Gasteiger partial charge >= 0.3 is 0 Å². The topological polar surface area (TPSA) is 51.2 Å². The zero-order valence-corrected chi connectivity index (χ0v) is 11.5. The molecule has 0 spiro atoms. The molecule has 1 amide bonds. The Kier molecular flexibility index (Phi) is 5.12. The van der Waals surface area contributed by atoms with E-state index in [2.05, 4.69) is 17.2 Å². The van der Waals surface area contributed by atoms with E-state index in [1.807, 2.05) is 30.3 Å². The third kappa shape index (κ3) is 4.39. The molecule has 1 aromatic carbocycles. The maximum atomic E-state index is 11.7. The van der Waals surface area contributed by atoms with Crippen molar-refractivity contribution >= 4 is 11.7 Å². The molecule has 2 aromatic rings. The van der Waals surface area contributed by atoms with Crippen LogP contribution in [0.5, 0.6) is 5.75 Å². The van der Waals surface area contributed by atoms with Crippen molar-refractivity contribution in [2.45, 2.75) is 19.8 Å². The number of hydrogen-bond donors (Lipinski definition) is 1. The lowest BCUT2D eigenvalue weighted by Crippen LogP contribution is -2.15. The van der Waals surface area contributed by atoms with Crippen LogP contribution >= 0.6 is 0 Å². The zero-order chi connectivity index (χ0) is 14.2. The maximum absolute atomic E-state index is 11.7. The molecule has 1 aromatic heterocycles. The largest absolute Gasteiger partial charge is 0.493 e. The Morgan fingerprint density at radius 2 is 2.00 bits per heavy atom. The van der Waals surface area contributed by atoms with Crippen molar-refractivity contribution < 1.29 is 9.53 Å². The molecule has 1 heterocycles. The quantitative estimate of drug-likeness (QED) is 0.877. The normalized spacial score (nSPS) is 10.1. The van der Waals surface area contributed by atoms with E-state index in [1.165, 1.54) is 5.56 Å². The lowest BCUT2D eigenvalue weighted by Gasteiger charge is -2.07. The predicted octanol–water partition coefficient (Wildman–Crippen LogP) is 3.05. The van der Waals surface area contributed by atoms with Crippen LogP contribution in [0.3, 0.4) is 0 Å². The SMILES string of the molecule is CCc1ccc(OCCC(=O)Nc2ccccn2)cc1. The molecule has 0 atom stereocenters. The van der Waals surface area contributed by atoms with Gasteiger partial charge in [0.05, 0.1) is 13.0 Å². The van der Waals surface area contributed by atoms with Gasteiger partial charge < -0.3 is 10.1 Å². The molecule has 4 nitrogen and oxygen atoms in total. The second-order valence-electron chi connectivity index (χ2n) is 4.36. The second kappa shape index (κ2) is 7.28. The van der Waals surface area contributed by atoms with Gasteiger partial charge in [0.25, 0.3) is 0 Å². The molecule has 0 radical (unpaired) electrons. The molecular formula is C16H18N2O2. The average Bonchev–Trinajstić information content (AvgIpc) is 2.49. The maximum Gasteiger partial charge on any atom is 0.228 e. The van der Waals surface area contributed by atoms with Crippen LogP contribution < -0.4 is 10.1 Å². The predicted molar refractivity (Wildman–Crippen MR) is 78.8 cm³/mol. The fourth-order valence-electron chi connectivity index (χ4n) is 1.73. The molecule has 0 aliphatic rings. The molecular weight excluding hydrogens is 252 g/mol. The Labute approximate surface area is 118 Å². The first-order valence-corrected chi connectivity index (χ1v) is 6.70. The molecule has 0 bridgehead atoms. The Morgan fingerprint density at radius 1 is 1.20 bits per heavy atom. The molecule has 0 saturated heterocycles. The average molecular weight is 270 g/mol. The van der Waals surface area contributed by atoms with Gasteiger partial charge in [-0.3, -0.25) is 4.79 Å². The van der Waals surface area contributed by atoms with E-state index in [1.54, 1.807) is 18.3 Å². The standard InChI is InChI=1S/C16H18N2O2/c1-2-13-6-8-14(9-7-13)20-12-10-16(19)18-15-5-3-4-11-17-15/h3-9,11H,2,10,12H2,1H3,(H,17,18,19). The van der Waals surface area contributed by atoms with Crippen molar-refractivity contribution in [2.75, 3.05) is 11.9 Å². The van der Waals surface area contributed by atoms with E-state index in [0.29, 0.717) is 18.8 Å². The highest BCUT2D eigenvalue weighted by Gasteiger charge is 2.03. The van der Waals surface area contributed by atoms with Crippen LogP contribution in [0.4, 0.5) is 5.82 Å². The summed E-state index contributed by atoms with van der Waals surface area (Å²) in [5.74, 6) is 1.24. The van der Waals surface area contributed by atoms with Crippen LogP contribution in [0.2, 0.25) is 0 Å². The minimum Gasteiger partial charge on any atom is -0.493 e. The van der Waals surface area contributed by atoms with E-state index >= 15 is 0 Å². The zero-order valence-electron chi connectivity index (χ0n) is 11.5. The number of aryl methyl sites for hydroxylation is 1. The molecule has 0 saturated carbocycles. The lowest BCUT2D eigenvalue weighted by atomic mass is 10.2. The molecule has 104 valence electrons. The number of ether oxygens (including phenoxy) is 1. The molecule has 20 heavy (non-hydrogen) atoms. The van der Waals surface area contributed by atoms with Gasteiger partial charge in [0.15, 0.2) is 0 Å². The highest BCUT2D eigenvalue weighted by molar-refractivity contribution is 5.89. The van der Waals surface area contributed by atoms with Crippen molar-refractivity contribution in [1.82, 2.24) is 4.98 Å². The van der Waals surface area contributed by atoms with Gasteiger partial charge in [0.2, 0.25) is 5.91 Å². The minimum atomic E-state index is -0.103. The number of rotatable bonds is 6. The number of aromatic nitrogens is 1. The summed E-state index contributed by atoms with van der Waals surface area (Å²) in [6.45, 7) is 2.46. The first kappa shape index (κ1) is 14.1. The summed E-state index contributed by atoms with van der Waals surface area (Å²) in [5, 5.41) is 2.72. The number of hydrogen-bond acceptors (Lipinski definition) is 3. The van der Waals surface area contributed by atoms with E-state index in [-0.39, 0.29) is 5.91 Å². The third-order valence-electron chi connectivity index (χ3n) is 2.86. The summed E-state index contributed by atoms with van der Waals surface area (Å²) in [6, 6.07) is 13.3. The number of carbonyl (C=O) groups is 1. The van der Waals surface area contributed by atoms with Crippen LogP contribution in [0.1, 0.15) is 18.9 Å². The third-order valence-corrected chi connectivity index (χ3v) is 2.86. The fraction of sp³-hybridized carbons (Fsp3) is 0.250. The second-order valence-corrected chi connectivity index (χ2v) is 4.36. The van der Waals surface area contributed by atoms with Crippen LogP contribution in [-0.4, -0.2) is 17.5 Å². The van der Waals surface area contributed by atoms with Crippen molar-refractivity contribution in [3.05, 3.63) is 54.2 Å². The molecule has 0 aliphatic carbocycles. The molecule has 0 fully saturated rings. The van der Waals surface area contributed by atoms with Crippen molar-refractivity contribution in [1.29, 1.82) is 0 Å². The number of amides is 1. The lowest BCUT2D eigenvalue weighted by molar-refractivity contribution is -0.116. The summed E-state index contributed by atoms with van der Waals surface area (Å²) in [7, 11) is 0. The molecule has 1 N–H and O–H groups in total. The molecule has 4 heteroatoms. The molecule has 2 rings (SSSR count). The van der Waals surface area contributed by atoms with Crippen LogP contribution in [0.15, 0.2) is 48.7 Å². The van der Waals surface area contributed by atoms with E-state index in [0.717, 1.165) is 12.2 Å². The van der Waals surface area contributed by atoms with E-state index in [4.69, 9.17) is 4.74 Å². The van der Waals surface area contributed by atoms with Crippen LogP contribution in [0.25, 0.3) is 0 Å².